The molecule has 1 aliphatic rings. The van der Waals surface area contributed by atoms with Crippen molar-refractivity contribution in [2.24, 2.45) is 17.3 Å². The molecule has 17 heavy (non-hydrogen) atoms. The third kappa shape index (κ3) is 16.5. The van der Waals surface area contributed by atoms with E-state index in [2.05, 4.69) is 53.6 Å². The van der Waals surface area contributed by atoms with Crippen molar-refractivity contribution in [1.82, 2.24) is 4.90 Å². The first kappa shape index (κ1) is 19.9. The number of rotatable bonds is 2. The van der Waals surface area contributed by atoms with Crippen LogP contribution in [0.4, 0.5) is 0 Å². The van der Waals surface area contributed by atoms with Crippen molar-refractivity contribution >= 4 is 0 Å². The van der Waals surface area contributed by atoms with Crippen LogP contribution in [0.25, 0.3) is 0 Å². The van der Waals surface area contributed by atoms with E-state index in [9.17, 15) is 0 Å². The molecule has 0 unspecified atom stereocenters. The van der Waals surface area contributed by atoms with Crippen molar-refractivity contribution in [3.05, 3.63) is 13.8 Å². The molecule has 101 valence electrons. The summed E-state index contributed by atoms with van der Waals surface area (Å²) >= 11 is 0. The summed E-state index contributed by atoms with van der Waals surface area (Å²) in [5.41, 5.74) is 0.250. The largest absolute Gasteiger partial charge is 2.00 e. The average Bonchev–Trinajstić information content (AvgIpc) is 2.05. The monoisotopic (exact) mass is 276 g/mol. The molecule has 0 atom stereocenters. The van der Waals surface area contributed by atoms with Gasteiger partial charge in [0, 0.05) is 6.54 Å². The van der Waals surface area contributed by atoms with Crippen LogP contribution in [-0.2, 0) is 18.6 Å². The van der Waals surface area contributed by atoms with Gasteiger partial charge in [-0.15, -0.1) is 0 Å². The molecule has 1 radical (unpaired) electrons. The fraction of sp³-hybridized carbons (Fsp3) is 0.867. The Balaban J connectivity index is 0. The van der Waals surface area contributed by atoms with Crippen molar-refractivity contribution in [2.45, 2.75) is 46.5 Å². The minimum Gasteiger partial charge on any atom is -0.340 e. The Hall–Kier alpha value is 0.544. The molecule has 2 heteroatoms. The molecule has 0 heterocycles. The summed E-state index contributed by atoms with van der Waals surface area (Å²) in [5.74, 6) is 1.69. The summed E-state index contributed by atoms with van der Waals surface area (Å²) in [6, 6.07) is 0. The smallest absolute Gasteiger partial charge is 0.340 e. The van der Waals surface area contributed by atoms with Gasteiger partial charge in [0.05, 0.1) is 0 Å². The Morgan fingerprint density at radius 1 is 1.06 bits per heavy atom. The first-order chi connectivity index (χ1) is 7.18. The molecule has 1 rings (SSSR count). The van der Waals surface area contributed by atoms with E-state index in [4.69, 9.17) is 0 Å². The average molecular weight is 276 g/mol. The van der Waals surface area contributed by atoms with Gasteiger partial charge in [-0.1, -0.05) is 46.5 Å². The van der Waals surface area contributed by atoms with Gasteiger partial charge in [-0.3, -0.25) is 0 Å². The van der Waals surface area contributed by atoms with Gasteiger partial charge in [-0.2, -0.15) is 11.3 Å². The van der Waals surface area contributed by atoms with Crippen molar-refractivity contribution in [2.75, 3.05) is 20.6 Å². The first-order valence-electron chi connectivity index (χ1n) is 6.51. The van der Waals surface area contributed by atoms with Crippen LogP contribution in [0.5, 0.6) is 0 Å². The maximum Gasteiger partial charge on any atom is 2.00 e. The zero-order valence-corrected chi connectivity index (χ0v) is 13.9. The van der Waals surface area contributed by atoms with Crippen LogP contribution in [-0.4, -0.2) is 25.5 Å². The van der Waals surface area contributed by atoms with E-state index in [-0.39, 0.29) is 24.0 Å². The number of nitrogens with zero attached hydrogens (tertiary/aromatic N) is 1. The summed E-state index contributed by atoms with van der Waals surface area (Å²) in [5, 5.41) is 0. The van der Waals surface area contributed by atoms with E-state index in [1.165, 1.54) is 32.2 Å². The Kier molecular flexibility index (Phi) is 11.1. The molecular weight excluding hydrogens is 245 g/mol. The second-order valence-corrected chi connectivity index (χ2v) is 6.71. The second-order valence-electron chi connectivity index (χ2n) is 6.71. The molecule has 0 amide bonds. The summed E-state index contributed by atoms with van der Waals surface area (Å²) in [7, 11) is 4.33. The molecule has 1 nitrogen and oxygen atoms in total. The molecule has 0 bridgehead atoms. The zero-order chi connectivity index (χ0) is 12.8. The minimum atomic E-state index is 0. The normalized spacial score (nSPS) is 24.7. The molecule has 0 saturated heterocycles. The van der Waals surface area contributed by atoms with Gasteiger partial charge < -0.3 is 18.7 Å². The molecule has 0 aliphatic heterocycles. The van der Waals surface area contributed by atoms with Crippen LogP contribution in [0, 0.1) is 31.1 Å². The summed E-state index contributed by atoms with van der Waals surface area (Å²) < 4.78 is 0. The fourth-order valence-corrected chi connectivity index (χ4v) is 1.93. The van der Waals surface area contributed by atoms with Crippen LogP contribution in [0.1, 0.15) is 46.5 Å². The van der Waals surface area contributed by atoms with E-state index < -0.39 is 0 Å². The first-order valence-corrected chi connectivity index (χ1v) is 6.51. The van der Waals surface area contributed by atoms with Gasteiger partial charge in [0.25, 0.3) is 0 Å². The molecule has 0 aromatic rings. The van der Waals surface area contributed by atoms with Crippen LogP contribution in [0.2, 0.25) is 0 Å². The molecule has 1 fully saturated rings. The topological polar surface area (TPSA) is 3.24 Å². The summed E-state index contributed by atoms with van der Waals surface area (Å²) in [4.78, 5) is 2.30. The molecule has 1 aliphatic carbocycles. The molecule has 1 saturated carbocycles. The SMILES string of the molecule is [CH2-]C(C)(C)C.[CH2-]C1CCC(CN(C)C)CC1.[V+2]. The Morgan fingerprint density at radius 3 is 1.71 bits per heavy atom. The zero-order valence-electron chi connectivity index (χ0n) is 12.5. The van der Waals surface area contributed by atoms with Crippen LogP contribution >= 0.6 is 0 Å². The van der Waals surface area contributed by atoms with Crippen molar-refractivity contribution in [3.63, 3.8) is 0 Å². The molecule has 0 N–H and O–H groups in total. The maximum atomic E-state index is 4.10. The van der Waals surface area contributed by atoms with Crippen molar-refractivity contribution in [1.29, 1.82) is 0 Å². The van der Waals surface area contributed by atoms with Crippen molar-refractivity contribution < 1.29 is 18.6 Å². The van der Waals surface area contributed by atoms with E-state index >= 15 is 0 Å². The van der Waals surface area contributed by atoms with Crippen molar-refractivity contribution in [3.8, 4) is 0 Å². The van der Waals surface area contributed by atoms with E-state index in [0.717, 1.165) is 11.8 Å². The predicted molar refractivity (Wildman–Crippen MR) is 74.2 cm³/mol. The molecule has 0 aromatic carbocycles. The number of hydrogen-bond acceptors (Lipinski definition) is 1. The third-order valence-corrected chi connectivity index (χ3v) is 2.59. The van der Waals surface area contributed by atoms with Crippen LogP contribution < -0.4 is 0 Å². The molecule has 0 aromatic heterocycles. The second kappa shape index (κ2) is 9.47. The fourth-order valence-electron chi connectivity index (χ4n) is 1.93. The van der Waals surface area contributed by atoms with Gasteiger partial charge in [-0.05, 0) is 20.0 Å². The van der Waals surface area contributed by atoms with E-state index in [1.807, 2.05) is 0 Å². The Morgan fingerprint density at radius 2 is 1.41 bits per heavy atom. The molecule has 0 spiro atoms. The standard InChI is InChI=1S/C10H20N.C5H11.V/c1-9-4-6-10(7-5-9)8-11(2)3;1-5(2,3)4;/h9-10H,1,4-8H2,2-3H3;1H2,2-4H3;/q2*-1;+2. The predicted octanol–water partition coefficient (Wildman–Crippen LogP) is 4.05. The summed E-state index contributed by atoms with van der Waals surface area (Å²) in [6.07, 6.45) is 5.48. The van der Waals surface area contributed by atoms with Crippen LogP contribution in [0.3, 0.4) is 0 Å². The maximum absolute atomic E-state index is 4.10. The quantitative estimate of drug-likeness (QED) is 0.688. The van der Waals surface area contributed by atoms with E-state index in [0.29, 0.717) is 0 Å². The van der Waals surface area contributed by atoms with E-state index in [1.54, 1.807) is 0 Å². The van der Waals surface area contributed by atoms with Gasteiger partial charge in [0.1, 0.15) is 0 Å². The van der Waals surface area contributed by atoms with Gasteiger partial charge in [-0.25, -0.2) is 0 Å². The Labute approximate surface area is 122 Å². The van der Waals surface area contributed by atoms with Gasteiger partial charge >= 0.3 is 18.6 Å². The third-order valence-electron chi connectivity index (χ3n) is 2.59. The van der Waals surface area contributed by atoms with Gasteiger partial charge in [0.2, 0.25) is 0 Å². The number of hydrogen-bond donors (Lipinski definition) is 0. The minimum absolute atomic E-state index is 0. The Bertz CT molecular complexity index is 158. The molecular formula is C15H31NV. The van der Waals surface area contributed by atoms with Crippen LogP contribution in [0.15, 0.2) is 0 Å². The van der Waals surface area contributed by atoms with Gasteiger partial charge in [0.15, 0.2) is 0 Å². The summed E-state index contributed by atoms with van der Waals surface area (Å²) in [6.45, 7) is 15.4.